The first-order valence-corrected chi connectivity index (χ1v) is 11.2. The molecule has 0 spiro atoms. The molecule has 3 N–H and O–H groups in total. The molecule has 3 aromatic heterocycles. The van der Waals surface area contributed by atoms with Crippen LogP contribution in [0.1, 0.15) is 32.6 Å². The Kier molecular flexibility index (Phi) is 5.63. The van der Waals surface area contributed by atoms with Crippen LogP contribution in [-0.2, 0) is 13.1 Å². The second kappa shape index (κ2) is 8.76. The molecule has 0 aliphatic carbocycles. The Balaban J connectivity index is 1.30. The number of benzene rings is 2. The van der Waals surface area contributed by atoms with Crippen LogP contribution in [0.15, 0.2) is 61.2 Å². The lowest BCUT2D eigenvalue weighted by Crippen LogP contribution is -2.23. The number of anilines is 1. The number of aryl methyl sites for hydroxylation is 2. The molecule has 0 radical (unpaired) electrons. The van der Waals surface area contributed by atoms with Crippen molar-refractivity contribution in [3.63, 3.8) is 0 Å². The lowest BCUT2D eigenvalue weighted by atomic mass is 9.96. The van der Waals surface area contributed by atoms with Crippen LogP contribution < -0.4 is 11.1 Å². The van der Waals surface area contributed by atoms with Crippen molar-refractivity contribution in [2.75, 3.05) is 5.73 Å². The van der Waals surface area contributed by atoms with Gasteiger partial charge in [-0.25, -0.2) is 4.98 Å². The van der Waals surface area contributed by atoms with Crippen LogP contribution in [0.5, 0.6) is 0 Å². The minimum Gasteiger partial charge on any atom is -0.383 e. The van der Waals surface area contributed by atoms with Crippen molar-refractivity contribution in [1.82, 2.24) is 25.1 Å². The average Bonchev–Trinajstić information content (AvgIpc) is 3.28. The molecule has 5 aromatic rings. The van der Waals surface area contributed by atoms with Crippen LogP contribution in [0.25, 0.3) is 21.7 Å². The molecule has 34 heavy (non-hydrogen) atoms. The summed E-state index contributed by atoms with van der Waals surface area (Å²) in [5.41, 5.74) is 11.7. The van der Waals surface area contributed by atoms with E-state index in [1.54, 1.807) is 29.5 Å². The van der Waals surface area contributed by atoms with E-state index in [0.29, 0.717) is 29.5 Å². The Morgan fingerprint density at radius 3 is 2.79 bits per heavy atom. The Hall–Kier alpha value is -3.97. The molecular weight excluding hydrogens is 448 g/mol. The number of fused-ring (bicyclic) bond motifs is 2. The number of nitrogens with one attached hydrogen (secondary N) is 1. The molecule has 0 unspecified atom stereocenters. The summed E-state index contributed by atoms with van der Waals surface area (Å²) in [6, 6.07) is 11.8. The van der Waals surface area contributed by atoms with Gasteiger partial charge in [0.15, 0.2) is 0 Å². The molecular formula is C26H23ClN6O. The summed E-state index contributed by atoms with van der Waals surface area (Å²) < 4.78 is 1.75. The van der Waals surface area contributed by atoms with E-state index >= 15 is 0 Å². The molecule has 8 heteroatoms. The van der Waals surface area contributed by atoms with Crippen molar-refractivity contribution in [3.8, 4) is 0 Å². The van der Waals surface area contributed by atoms with Crippen molar-refractivity contribution in [2.24, 2.45) is 0 Å². The normalized spacial score (nSPS) is 11.3. The van der Waals surface area contributed by atoms with Crippen LogP contribution in [0, 0.1) is 13.8 Å². The number of nitrogens with two attached hydrogens (primary N) is 1. The Morgan fingerprint density at radius 1 is 1.09 bits per heavy atom. The summed E-state index contributed by atoms with van der Waals surface area (Å²) in [7, 11) is 0. The van der Waals surface area contributed by atoms with Crippen molar-refractivity contribution in [3.05, 3.63) is 94.0 Å². The van der Waals surface area contributed by atoms with Gasteiger partial charge in [0.05, 0.1) is 28.8 Å². The minimum absolute atomic E-state index is 0.172. The van der Waals surface area contributed by atoms with Crippen LogP contribution in [0.3, 0.4) is 0 Å². The van der Waals surface area contributed by atoms with E-state index in [2.05, 4.69) is 20.4 Å². The Morgan fingerprint density at radius 2 is 1.94 bits per heavy atom. The van der Waals surface area contributed by atoms with Crippen molar-refractivity contribution >= 4 is 45.0 Å². The quantitative estimate of drug-likeness (QED) is 0.384. The zero-order chi connectivity index (χ0) is 23.8. The third-order valence-electron chi connectivity index (χ3n) is 6.09. The summed E-state index contributed by atoms with van der Waals surface area (Å²) in [6.45, 7) is 5.01. The summed E-state index contributed by atoms with van der Waals surface area (Å²) >= 11 is 6.07. The SMILES string of the molecule is Cc1cc2c(N)nccc2c(C)c1CNC(=O)c1cnn(Cc2ccc3ncc(Cl)cc3c2)c1. The van der Waals surface area contributed by atoms with Crippen molar-refractivity contribution < 1.29 is 4.79 Å². The predicted octanol–water partition coefficient (Wildman–Crippen LogP) is 4.81. The molecule has 0 bridgehead atoms. The van der Waals surface area contributed by atoms with Crippen LogP contribution >= 0.6 is 11.6 Å². The molecule has 0 saturated heterocycles. The summed E-state index contributed by atoms with van der Waals surface area (Å²) in [6.07, 6.45) is 6.68. The van der Waals surface area contributed by atoms with Gasteiger partial charge in [-0.1, -0.05) is 17.7 Å². The van der Waals surface area contributed by atoms with E-state index in [1.165, 1.54) is 0 Å². The first-order chi connectivity index (χ1) is 16.4. The number of halogens is 1. The molecule has 0 fully saturated rings. The zero-order valence-corrected chi connectivity index (χ0v) is 19.6. The molecule has 5 rings (SSSR count). The molecule has 3 heterocycles. The fourth-order valence-corrected chi connectivity index (χ4v) is 4.45. The molecule has 170 valence electrons. The fourth-order valence-electron chi connectivity index (χ4n) is 4.28. The maximum atomic E-state index is 12.8. The predicted molar refractivity (Wildman–Crippen MR) is 135 cm³/mol. The topological polar surface area (TPSA) is 98.7 Å². The van der Waals surface area contributed by atoms with E-state index in [-0.39, 0.29) is 5.91 Å². The smallest absolute Gasteiger partial charge is 0.254 e. The number of amides is 1. The number of pyridine rings is 2. The lowest BCUT2D eigenvalue weighted by molar-refractivity contribution is 0.0950. The highest BCUT2D eigenvalue weighted by Gasteiger charge is 2.13. The van der Waals surface area contributed by atoms with E-state index in [4.69, 9.17) is 17.3 Å². The number of carbonyl (C=O) groups excluding carboxylic acids is 1. The average molecular weight is 471 g/mol. The monoisotopic (exact) mass is 470 g/mol. The van der Waals surface area contributed by atoms with Gasteiger partial charge in [-0.05, 0) is 71.8 Å². The van der Waals surface area contributed by atoms with Gasteiger partial charge in [0.2, 0.25) is 0 Å². The van der Waals surface area contributed by atoms with Gasteiger partial charge in [0.25, 0.3) is 5.91 Å². The highest BCUT2D eigenvalue weighted by atomic mass is 35.5. The highest BCUT2D eigenvalue weighted by molar-refractivity contribution is 6.31. The minimum atomic E-state index is -0.172. The first kappa shape index (κ1) is 21.9. The second-order valence-corrected chi connectivity index (χ2v) is 8.81. The molecule has 0 atom stereocenters. The molecule has 2 aromatic carbocycles. The third kappa shape index (κ3) is 4.18. The summed E-state index contributed by atoms with van der Waals surface area (Å²) in [4.78, 5) is 21.3. The molecule has 0 aliphatic rings. The largest absolute Gasteiger partial charge is 0.383 e. The van der Waals surface area contributed by atoms with Crippen LogP contribution in [-0.4, -0.2) is 25.7 Å². The Labute approximate surface area is 201 Å². The van der Waals surface area contributed by atoms with E-state index in [1.807, 2.05) is 50.2 Å². The van der Waals surface area contributed by atoms with Gasteiger partial charge in [-0.15, -0.1) is 0 Å². The van der Waals surface area contributed by atoms with Crippen LogP contribution in [0.4, 0.5) is 5.82 Å². The van der Waals surface area contributed by atoms with E-state index in [0.717, 1.165) is 43.9 Å². The number of hydrogen-bond donors (Lipinski definition) is 2. The standard InChI is InChI=1S/C26H23ClN6O/c1-15-7-22-21(5-6-29-25(22)28)16(2)23(15)12-31-26(34)19-10-32-33(14-19)13-17-3-4-24-18(8-17)9-20(27)11-30-24/h3-11,14H,12-13H2,1-2H3,(H2,28,29)(H,31,34). The van der Waals surface area contributed by atoms with Gasteiger partial charge in [0.1, 0.15) is 5.82 Å². The van der Waals surface area contributed by atoms with Gasteiger partial charge < -0.3 is 11.1 Å². The van der Waals surface area contributed by atoms with Gasteiger partial charge in [0, 0.05) is 35.9 Å². The Bertz CT molecular complexity index is 1560. The molecule has 1 amide bonds. The number of hydrogen-bond acceptors (Lipinski definition) is 5. The number of nitrogen functional groups attached to an aromatic ring is 1. The maximum Gasteiger partial charge on any atom is 0.254 e. The van der Waals surface area contributed by atoms with E-state index < -0.39 is 0 Å². The summed E-state index contributed by atoms with van der Waals surface area (Å²) in [5, 5.41) is 10.9. The van der Waals surface area contributed by atoms with Gasteiger partial charge >= 0.3 is 0 Å². The number of nitrogens with zero attached hydrogens (tertiary/aromatic N) is 4. The van der Waals surface area contributed by atoms with E-state index in [9.17, 15) is 4.79 Å². The molecule has 7 nitrogen and oxygen atoms in total. The van der Waals surface area contributed by atoms with Crippen molar-refractivity contribution in [1.29, 1.82) is 0 Å². The first-order valence-electron chi connectivity index (χ1n) is 10.9. The maximum absolute atomic E-state index is 12.8. The number of carbonyl (C=O) groups is 1. The van der Waals surface area contributed by atoms with Crippen LogP contribution in [0.2, 0.25) is 5.02 Å². The van der Waals surface area contributed by atoms with Crippen molar-refractivity contribution in [2.45, 2.75) is 26.9 Å². The van der Waals surface area contributed by atoms with Gasteiger partial charge in [-0.3, -0.25) is 14.5 Å². The molecule has 0 saturated carbocycles. The van der Waals surface area contributed by atoms with Gasteiger partial charge in [-0.2, -0.15) is 5.10 Å². The number of rotatable bonds is 5. The second-order valence-electron chi connectivity index (χ2n) is 8.38. The zero-order valence-electron chi connectivity index (χ0n) is 18.8. The lowest BCUT2D eigenvalue weighted by Gasteiger charge is -2.14. The summed E-state index contributed by atoms with van der Waals surface area (Å²) in [5.74, 6) is 0.339. The number of aromatic nitrogens is 4. The molecule has 0 aliphatic heterocycles. The fraction of sp³-hybridized carbons (Fsp3) is 0.154. The highest BCUT2D eigenvalue weighted by Crippen LogP contribution is 2.28. The third-order valence-corrected chi connectivity index (χ3v) is 6.30.